The van der Waals surface area contributed by atoms with E-state index >= 15 is 0 Å². The number of hydrogen-bond acceptors (Lipinski definition) is 2. The van der Waals surface area contributed by atoms with Gasteiger partial charge in [0, 0.05) is 5.56 Å². The molecule has 0 N–H and O–H groups in total. The summed E-state index contributed by atoms with van der Waals surface area (Å²) < 4.78 is 1.22. The first kappa shape index (κ1) is 45.9. The van der Waals surface area contributed by atoms with E-state index < -0.39 is 0 Å². The highest BCUT2D eigenvalue weighted by molar-refractivity contribution is 7.21. The zero-order valence-corrected chi connectivity index (χ0v) is 43.0. The number of benzene rings is 14. The fourth-order valence-electron chi connectivity index (χ4n) is 11.9. The molecule has 0 aliphatic heterocycles. The van der Waals surface area contributed by atoms with Crippen molar-refractivity contribution < 1.29 is 0 Å². The van der Waals surface area contributed by atoms with Crippen LogP contribution in [-0.2, 0) is 0 Å². The van der Waals surface area contributed by atoms with Gasteiger partial charge in [0.05, 0.1) is 10.2 Å². The van der Waals surface area contributed by atoms with Crippen LogP contribution < -0.4 is 0 Å². The molecule has 0 saturated carbocycles. The van der Waals surface area contributed by atoms with Gasteiger partial charge >= 0.3 is 0 Å². The van der Waals surface area contributed by atoms with Gasteiger partial charge in [-0.15, -0.1) is 11.3 Å². The molecule has 0 spiro atoms. The third-order valence-corrected chi connectivity index (χ3v) is 16.2. The van der Waals surface area contributed by atoms with Crippen LogP contribution in [0.1, 0.15) is 0 Å². The van der Waals surface area contributed by atoms with Crippen LogP contribution in [0, 0.1) is 0 Å². The van der Waals surface area contributed by atoms with E-state index in [1.807, 2.05) is 0 Å². The van der Waals surface area contributed by atoms with Crippen LogP contribution in [0.3, 0.4) is 0 Å². The maximum absolute atomic E-state index is 4.95. The lowest BCUT2D eigenvalue weighted by molar-refractivity contribution is 1.48. The lowest BCUT2D eigenvalue weighted by Crippen LogP contribution is -1.97. The second kappa shape index (κ2) is 19.8. The first-order valence-electron chi connectivity index (χ1n) is 26.4. The van der Waals surface area contributed by atoms with E-state index in [4.69, 9.17) is 4.98 Å². The molecule has 0 aliphatic rings. The number of aromatic nitrogens is 1. The van der Waals surface area contributed by atoms with E-state index in [1.54, 1.807) is 11.3 Å². The van der Waals surface area contributed by atoms with Crippen molar-refractivity contribution in [3.63, 3.8) is 0 Å². The maximum atomic E-state index is 4.95. The largest absolute Gasteiger partial charge is 0.236 e. The van der Waals surface area contributed by atoms with Gasteiger partial charge in [-0.25, -0.2) is 4.98 Å². The summed E-state index contributed by atoms with van der Waals surface area (Å²) in [5, 5.41) is 13.8. The molecule has 0 bridgehead atoms. The average molecular weight is 996 g/mol. The van der Waals surface area contributed by atoms with Gasteiger partial charge in [-0.1, -0.05) is 279 Å². The molecule has 360 valence electrons. The molecule has 15 rings (SSSR count). The minimum absolute atomic E-state index is 1.05. The molecule has 0 saturated heterocycles. The molecule has 1 aromatic heterocycles. The minimum Gasteiger partial charge on any atom is -0.236 e. The van der Waals surface area contributed by atoms with Crippen molar-refractivity contribution >= 4 is 75.4 Å². The predicted molar refractivity (Wildman–Crippen MR) is 332 cm³/mol. The predicted octanol–water partition coefficient (Wildman–Crippen LogP) is 21.4. The molecule has 0 amide bonds. The van der Waals surface area contributed by atoms with Gasteiger partial charge in [-0.05, 0) is 139 Å². The Bertz CT molecular complexity index is 4280. The molecule has 0 unspecified atom stereocenters. The molecular weight excluding hydrogens is 947 g/mol. The molecule has 14 aromatic carbocycles. The van der Waals surface area contributed by atoms with Crippen LogP contribution >= 0.6 is 11.3 Å². The normalized spacial score (nSPS) is 11.4. The Morgan fingerprint density at radius 2 is 0.481 bits per heavy atom. The highest BCUT2D eigenvalue weighted by Crippen LogP contribution is 2.54. The van der Waals surface area contributed by atoms with E-state index in [0.29, 0.717) is 0 Å². The van der Waals surface area contributed by atoms with Crippen LogP contribution in [0.4, 0.5) is 0 Å². The van der Waals surface area contributed by atoms with Crippen LogP contribution in [0.15, 0.2) is 297 Å². The van der Waals surface area contributed by atoms with Crippen molar-refractivity contribution in [2.75, 3.05) is 0 Å². The van der Waals surface area contributed by atoms with Gasteiger partial charge in [0.1, 0.15) is 5.01 Å². The number of fused-ring (bicyclic) bond motifs is 6. The van der Waals surface area contributed by atoms with Gasteiger partial charge < -0.3 is 0 Å². The van der Waals surface area contributed by atoms with Crippen LogP contribution in [0.25, 0.3) is 141 Å². The smallest absolute Gasteiger partial charge is 0.124 e. The summed E-state index contributed by atoms with van der Waals surface area (Å²) >= 11 is 1.75. The molecule has 0 fully saturated rings. The minimum atomic E-state index is 1.05. The van der Waals surface area contributed by atoms with Crippen molar-refractivity contribution in [1.82, 2.24) is 4.98 Å². The van der Waals surface area contributed by atoms with Crippen LogP contribution in [0.2, 0.25) is 0 Å². The molecule has 2 heteroatoms. The van der Waals surface area contributed by atoms with Gasteiger partial charge in [0.25, 0.3) is 0 Å². The topological polar surface area (TPSA) is 12.9 Å². The second-order valence-electron chi connectivity index (χ2n) is 19.6. The van der Waals surface area contributed by atoms with E-state index in [0.717, 1.165) is 16.1 Å². The van der Waals surface area contributed by atoms with Gasteiger partial charge in [-0.3, -0.25) is 0 Å². The summed E-state index contributed by atoms with van der Waals surface area (Å²) in [4.78, 5) is 4.95. The monoisotopic (exact) mass is 995 g/mol. The van der Waals surface area contributed by atoms with Gasteiger partial charge in [0.2, 0.25) is 0 Å². The molecule has 1 nitrogen and oxygen atoms in total. The average Bonchev–Trinajstić information content (AvgIpc) is 3.97. The second-order valence-corrected chi connectivity index (χ2v) is 20.6. The molecule has 77 heavy (non-hydrogen) atoms. The van der Waals surface area contributed by atoms with Crippen LogP contribution in [0.5, 0.6) is 0 Å². The third-order valence-electron chi connectivity index (χ3n) is 15.1. The summed E-state index contributed by atoms with van der Waals surface area (Å²) in [5.41, 5.74) is 17.3. The number of rotatable bonds is 7. The SMILES string of the molecule is c1ccc(-c2c3ccccc3c(-c3ccccc3)c3c(-c4ccccc4)c4ccccc4c(-c4ccccc4)c23)cc1.c1ccc(-c2c3ccccc3c(-c3ccccc3)c3cc(-c4nc5ccccc5s4)ccc23)cc1. The highest BCUT2D eigenvalue weighted by Gasteiger charge is 2.26. The Kier molecular flexibility index (Phi) is 11.8. The summed E-state index contributed by atoms with van der Waals surface area (Å²) in [6, 6.07) is 107. The Morgan fingerprint density at radius 3 is 0.831 bits per heavy atom. The fraction of sp³-hybridized carbons (Fsp3) is 0. The maximum Gasteiger partial charge on any atom is 0.124 e. The van der Waals surface area contributed by atoms with Crippen molar-refractivity contribution in [3.05, 3.63) is 297 Å². The Balaban J connectivity index is 0.000000143. The van der Waals surface area contributed by atoms with E-state index in [2.05, 4.69) is 297 Å². The summed E-state index contributed by atoms with van der Waals surface area (Å²) in [5.74, 6) is 0. The summed E-state index contributed by atoms with van der Waals surface area (Å²) in [6.45, 7) is 0. The lowest BCUT2D eigenvalue weighted by Gasteiger charge is -2.25. The molecule has 0 radical (unpaired) electrons. The Hall–Kier alpha value is -9.73. The summed E-state index contributed by atoms with van der Waals surface area (Å²) in [7, 11) is 0. The summed E-state index contributed by atoms with van der Waals surface area (Å²) in [6.07, 6.45) is 0. The molecule has 1 heterocycles. The quantitative estimate of drug-likeness (QED) is 0.145. The first-order valence-corrected chi connectivity index (χ1v) is 27.2. The zero-order valence-electron chi connectivity index (χ0n) is 42.1. The Labute approximate surface area is 452 Å². The number of hydrogen-bond donors (Lipinski definition) is 0. The first-order chi connectivity index (χ1) is 38.3. The van der Waals surface area contributed by atoms with Crippen LogP contribution in [-0.4, -0.2) is 4.98 Å². The molecule has 0 aliphatic carbocycles. The number of para-hydroxylation sites is 1. The molecule has 0 atom stereocenters. The van der Waals surface area contributed by atoms with E-state index in [-0.39, 0.29) is 0 Å². The van der Waals surface area contributed by atoms with Crippen molar-refractivity contribution in [1.29, 1.82) is 0 Å². The van der Waals surface area contributed by atoms with E-state index in [1.165, 1.54) is 125 Å². The molecule has 15 aromatic rings. The lowest BCUT2D eigenvalue weighted by atomic mass is 9.77. The van der Waals surface area contributed by atoms with E-state index in [9.17, 15) is 0 Å². The Morgan fingerprint density at radius 1 is 0.208 bits per heavy atom. The van der Waals surface area contributed by atoms with Crippen molar-refractivity contribution in [2.24, 2.45) is 0 Å². The zero-order chi connectivity index (χ0) is 51.1. The van der Waals surface area contributed by atoms with Crippen molar-refractivity contribution in [3.8, 4) is 77.3 Å². The third kappa shape index (κ3) is 8.15. The number of nitrogens with zero attached hydrogens (tertiary/aromatic N) is 1. The van der Waals surface area contributed by atoms with Crippen molar-refractivity contribution in [2.45, 2.75) is 0 Å². The molecular formula is C75H49NS. The standard InChI is InChI=1S/C42H28.C33H21NS/c1-5-17-29(18-6-1)37-33-25-13-14-26-34(33)39(31-21-9-3-10-22-31)42-40(32-23-11-4-12-24-32)36-28-16-15-27-35(36)38(41(37)42)30-19-7-2-8-20-30;1-3-11-22(12-4-1)31-25-15-7-8-16-26(25)32(23-13-5-2-6-14-23)28-21-24(19-20-27(28)31)33-34-29-17-9-10-18-30(29)35-33/h1-28H;1-21H. The van der Waals surface area contributed by atoms with Gasteiger partial charge in [0.15, 0.2) is 0 Å². The highest BCUT2D eigenvalue weighted by atomic mass is 32.1. The fourth-order valence-corrected chi connectivity index (χ4v) is 12.8. The number of thiazole rings is 1. The van der Waals surface area contributed by atoms with Gasteiger partial charge in [-0.2, -0.15) is 0 Å².